The van der Waals surface area contributed by atoms with E-state index < -0.39 is 5.91 Å². The van der Waals surface area contributed by atoms with Crippen molar-refractivity contribution >= 4 is 38.8 Å². The van der Waals surface area contributed by atoms with Crippen LogP contribution in [0.1, 0.15) is 17.0 Å². The number of carbonyl (C=O) groups excluding carboxylic acids is 1. The lowest BCUT2D eigenvalue weighted by atomic mass is 10.2. The number of halogens is 1. The van der Waals surface area contributed by atoms with Gasteiger partial charge in [-0.25, -0.2) is 0 Å². The van der Waals surface area contributed by atoms with Crippen molar-refractivity contribution < 1.29 is 9.21 Å². The second-order valence-corrected chi connectivity index (χ2v) is 7.69. The fraction of sp³-hybridized carbons (Fsp3) is 0.0833. The van der Waals surface area contributed by atoms with Crippen molar-refractivity contribution in [1.29, 1.82) is 5.26 Å². The van der Waals surface area contributed by atoms with Crippen molar-refractivity contribution in [1.82, 2.24) is 9.88 Å². The van der Waals surface area contributed by atoms with E-state index in [2.05, 4.69) is 25.8 Å². The van der Waals surface area contributed by atoms with E-state index in [1.54, 1.807) is 24.5 Å². The molecule has 0 spiro atoms. The number of hydrogen-bond donors (Lipinski definition) is 1. The summed E-state index contributed by atoms with van der Waals surface area (Å²) in [6.45, 7) is 0.853. The van der Waals surface area contributed by atoms with E-state index in [-0.39, 0.29) is 12.1 Å². The normalized spacial score (nSPS) is 11.4. The van der Waals surface area contributed by atoms with E-state index in [4.69, 9.17) is 4.42 Å². The Hall–Kier alpha value is -3.56. The second-order valence-electron chi connectivity index (χ2n) is 6.77. The molecule has 4 rings (SSSR count). The Balaban J connectivity index is 1.67. The lowest BCUT2D eigenvalue weighted by Gasteiger charge is -2.10. The van der Waals surface area contributed by atoms with Gasteiger partial charge in [0.15, 0.2) is 0 Å². The number of amides is 1. The maximum atomic E-state index is 12.5. The van der Waals surface area contributed by atoms with E-state index in [0.717, 1.165) is 26.6 Å². The van der Waals surface area contributed by atoms with Gasteiger partial charge in [-0.3, -0.25) is 4.79 Å². The number of aromatic nitrogens is 1. The maximum Gasteiger partial charge on any atom is 0.262 e. The topological polar surface area (TPSA) is 71.0 Å². The van der Waals surface area contributed by atoms with Crippen LogP contribution in [0.5, 0.6) is 0 Å². The summed E-state index contributed by atoms with van der Waals surface area (Å²) in [6, 6.07) is 23.6. The minimum Gasteiger partial charge on any atom is -0.467 e. The molecule has 4 aromatic rings. The number of hydrogen-bond acceptors (Lipinski definition) is 3. The Bertz CT molecular complexity index is 1250. The highest BCUT2D eigenvalue weighted by atomic mass is 79.9. The van der Waals surface area contributed by atoms with E-state index in [1.165, 1.54) is 0 Å². The lowest BCUT2D eigenvalue weighted by Crippen LogP contribution is -2.23. The van der Waals surface area contributed by atoms with Crippen LogP contribution >= 0.6 is 15.9 Å². The van der Waals surface area contributed by atoms with Gasteiger partial charge in [0.25, 0.3) is 5.91 Å². The Labute approximate surface area is 182 Å². The smallest absolute Gasteiger partial charge is 0.262 e. The second kappa shape index (κ2) is 8.85. The molecule has 0 aliphatic heterocycles. The predicted molar refractivity (Wildman–Crippen MR) is 119 cm³/mol. The van der Waals surface area contributed by atoms with E-state index in [9.17, 15) is 10.1 Å². The van der Waals surface area contributed by atoms with E-state index in [1.807, 2.05) is 60.7 Å². The standard InChI is InChI=1S/C24H18BrN3O2/c25-20-9-7-17(8-10-20)16-28-21(12-18-4-1-2-6-23(18)28)13-19(14-26)24(29)27-15-22-5-3-11-30-22/h1-13H,15-16H2,(H,27,29). The molecule has 0 saturated heterocycles. The summed E-state index contributed by atoms with van der Waals surface area (Å²) in [5, 5.41) is 13.4. The number of carbonyl (C=O) groups is 1. The minimum atomic E-state index is -0.436. The summed E-state index contributed by atoms with van der Waals surface area (Å²) in [4.78, 5) is 12.5. The number of fused-ring (bicyclic) bond motifs is 1. The van der Waals surface area contributed by atoms with Crippen LogP contribution in [0.2, 0.25) is 0 Å². The molecule has 2 aromatic heterocycles. The molecule has 148 valence electrons. The number of nitrogens with zero attached hydrogens (tertiary/aromatic N) is 2. The van der Waals surface area contributed by atoms with Gasteiger partial charge in [-0.1, -0.05) is 46.3 Å². The molecule has 0 aliphatic carbocycles. The molecule has 0 unspecified atom stereocenters. The first-order chi connectivity index (χ1) is 14.6. The highest BCUT2D eigenvalue weighted by Gasteiger charge is 2.13. The third-order valence-electron chi connectivity index (χ3n) is 4.76. The number of nitriles is 1. The van der Waals surface area contributed by atoms with Crippen LogP contribution in [0, 0.1) is 11.3 Å². The monoisotopic (exact) mass is 459 g/mol. The number of benzene rings is 2. The maximum absolute atomic E-state index is 12.5. The van der Waals surface area contributed by atoms with Gasteiger partial charge >= 0.3 is 0 Å². The van der Waals surface area contributed by atoms with Crippen molar-refractivity contribution in [3.8, 4) is 6.07 Å². The minimum absolute atomic E-state index is 0.0430. The van der Waals surface area contributed by atoms with Crippen molar-refractivity contribution in [2.45, 2.75) is 13.1 Å². The highest BCUT2D eigenvalue weighted by molar-refractivity contribution is 9.10. The summed E-state index contributed by atoms with van der Waals surface area (Å²) in [6.07, 6.45) is 3.18. The fourth-order valence-electron chi connectivity index (χ4n) is 3.27. The number of nitrogens with one attached hydrogen (secondary N) is 1. The lowest BCUT2D eigenvalue weighted by molar-refractivity contribution is -0.117. The van der Waals surface area contributed by atoms with Crippen molar-refractivity contribution in [3.05, 3.63) is 100 Å². The summed E-state index contributed by atoms with van der Waals surface area (Å²) >= 11 is 3.46. The number of rotatable bonds is 6. The molecule has 0 saturated carbocycles. The Kier molecular flexibility index (Phi) is 5.82. The Morgan fingerprint density at radius 1 is 1.13 bits per heavy atom. The van der Waals surface area contributed by atoms with Crippen LogP contribution in [-0.2, 0) is 17.9 Å². The van der Waals surface area contributed by atoms with Gasteiger partial charge in [0, 0.05) is 27.6 Å². The van der Waals surface area contributed by atoms with Crippen molar-refractivity contribution in [3.63, 3.8) is 0 Å². The zero-order chi connectivity index (χ0) is 20.9. The molecule has 5 nitrogen and oxygen atoms in total. The van der Waals surface area contributed by atoms with Crippen LogP contribution in [-0.4, -0.2) is 10.5 Å². The fourth-order valence-corrected chi connectivity index (χ4v) is 3.54. The van der Waals surface area contributed by atoms with Crippen LogP contribution in [0.25, 0.3) is 17.0 Å². The summed E-state index contributed by atoms with van der Waals surface area (Å²) in [5.74, 6) is 0.194. The van der Waals surface area contributed by atoms with E-state index >= 15 is 0 Å². The zero-order valence-corrected chi connectivity index (χ0v) is 17.6. The average molecular weight is 460 g/mol. The molecule has 0 aliphatic rings. The molecular weight excluding hydrogens is 442 g/mol. The van der Waals surface area contributed by atoms with Crippen LogP contribution in [0.15, 0.2) is 87.5 Å². The molecule has 30 heavy (non-hydrogen) atoms. The van der Waals surface area contributed by atoms with Crippen LogP contribution in [0.4, 0.5) is 0 Å². The Morgan fingerprint density at radius 3 is 2.67 bits per heavy atom. The van der Waals surface area contributed by atoms with Gasteiger partial charge in [-0.05, 0) is 48.0 Å². The Morgan fingerprint density at radius 2 is 1.93 bits per heavy atom. The first kappa shape index (κ1) is 19.7. The van der Waals surface area contributed by atoms with Gasteiger partial charge in [0.1, 0.15) is 17.4 Å². The number of para-hydroxylation sites is 1. The largest absolute Gasteiger partial charge is 0.467 e. The predicted octanol–water partition coefficient (Wildman–Crippen LogP) is 5.27. The van der Waals surface area contributed by atoms with Gasteiger partial charge in [0.2, 0.25) is 0 Å². The summed E-state index contributed by atoms with van der Waals surface area (Å²) < 4.78 is 8.35. The molecule has 0 bridgehead atoms. The van der Waals surface area contributed by atoms with Gasteiger partial charge in [-0.15, -0.1) is 0 Å². The van der Waals surface area contributed by atoms with Crippen LogP contribution in [0.3, 0.4) is 0 Å². The van der Waals surface area contributed by atoms with Gasteiger partial charge < -0.3 is 14.3 Å². The molecule has 0 fully saturated rings. The molecule has 1 amide bonds. The third kappa shape index (κ3) is 4.37. The van der Waals surface area contributed by atoms with Crippen LogP contribution < -0.4 is 5.32 Å². The summed E-state index contributed by atoms with van der Waals surface area (Å²) in [7, 11) is 0. The first-order valence-electron chi connectivity index (χ1n) is 9.39. The molecule has 6 heteroatoms. The number of furan rings is 1. The molecule has 1 N–H and O–H groups in total. The van der Waals surface area contributed by atoms with Gasteiger partial charge in [0.05, 0.1) is 12.8 Å². The third-order valence-corrected chi connectivity index (χ3v) is 5.29. The molecule has 2 heterocycles. The summed E-state index contributed by atoms with van der Waals surface area (Å²) in [5.41, 5.74) is 3.00. The average Bonchev–Trinajstić information content (AvgIpc) is 3.40. The van der Waals surface area contributed by atoms with Crippen molar-refractivity contribution in [2.75, 3.05) is 0 Å². The molecule has 0 radical (unpaired) electrons. The molecule has 2 aromatic carbocycles. The zero-order valence-electron chi connectivity index (χ0n) is 16.0. The quantitative estimate of drug-likeness (QED) is 0.315. The molecule has 0 atom stereocenters. The van der Waals surface area contributed by atoms with Gasteiger partial charge in [-0.2, -0.15) is 5.26 Å². The SMILES string of the molecule is N#CC(=Cc1cc2ccccc2n1Cc1ccc(Br)cc1)C(=O)NCc1ccco1. The van der Waals surface area contributed by atoms with E-state index in [0.29, 0.717) is 12.3 Å². The molecular formula is C24H18BrN3O2. The first-order valence-corrected chi connectivity index (χ1v) is 10.2. The highest BCUT2D eigenvalue weighted by Crippen LogP contribution is 2.24. The van der Waals surface area contributed by atoms with Crippen molar-refractivity contribution in [2.24, 2.45) is 0 Å².